The fourth-order valence-electron chi connectivity index (χ4n) is 3.18. The number of halogens is 1. The maximum absolute atomic E-state index is 13.4. The summed E-state index contributed by atoms with van der Waals surface area (Å²) in [7, 11) is 0. The van der Waals surface area contributed by atoms with Crippen molar-refractivity contribution in [2.24, 2.45) is 0 Å². The van der Waals surface area contributed by atoms with E-state index in [0.717, 1.165) is 0 Å². The lowest BCUT2D eigenvalue weighted by Gasteiger charge is -2.34. The van der Waals surface area contributed by atoms with E-state index in [1.165, 1.54) is 12.1 Å². The van der Waals surface area contributed by atoms with Crippen molar-refractivity contribution in [1.82, 2.24) is 24.8 Å². The van der Waals surface area contributed by atoms with Gasteiger partial charge in [-0.15, -0.1) is 0 Å². The van der Waals surface area contributed by atoms with E-state index in [1.807, 2.05) is 4.90 Å². The first-order valence-corrected chi connectivity index (χ1v) is 9.28. The molecule has 1 aromatic carbocycles. The number of carbonyl (C=O) groups is 1. The monoisotopic (exact) mass is 393 g/mol. The highest BCUT2D eigenvalue weighted by atomic mass is 19.1. The number of amides is 1. The first-order chi connectivity index (χ1) is 14.1. The van der Waals surface area contributed by atoms with Gasteiger partial charge in [0, 0.05) is 50.3 Å². The van der Waals surface area contributed by atoms with Crippen LogP contribution in [-0.2, 0) is 0 Å². The molecule has 1 fully saturated rings. The largest absolute Gasteiger partial charge is 0.340 e. The molecule has 1 aliphatic rings. The summed E-state index contributed by atoms with van der Waals surface area (Å²) in [4.78, 5) is 33.9. The number of benzene rings is 1. The van der Waals surface area contributed by atoms with Crippen molar-refractivity contribution in [3.05, 3.63) is 66.1 Å². The van der Waals surface area contributed by atoms with Crippen LogP contribution >= 0.6 is 0 Å². The van der Waals surface area contributed by atoms with Crippen molar-refractivity contribution in [3.8, 4) is 0 Å². The average Bonchev–Trinajstić information content (AvgIpc) is 2.73. The van der Waals surface area contributed by atoms with E-state index in [2.05, 4.69) is 25.3 Å². The van der Waals surface area contributed by atoms with Crippen molar-refractivity contribution in [1.29, 1.82) is 0 Å². The van der Waals surface area contributed by atoms with Gasteiger partial charge >= 0.3 is 0 Å². The Bertz CT molecular complexity index is 1010. The van der Waals surface area contributed by atoms with Gasteiger partial charge in [-0.2, -0.15) is 0 Å². The van der Waals surface area contributed by atoms with Gasteiger partial charge in [-0.05, 0) is 31.2 Å². The van der Waals surface area contributed by atoms with Gasteiger partial charge in [0.05, 0.1) is 0 Å². The Morgan fingerprint density at radius 3 is 2.52 bits per heavy atom. The van der Waals surface area contributed by atoms with Crippen molar-refractivity contribution < 1.29 is 9.18 Å². The predicted molar refractivity (Wildman–Crippen MR) is 107 cm³/mol. The number of piperazine rings is 1. The van der Waals surface area contributed by atoms with Gasteiger partial charge in [-0.3, -0.25) is 4.79 Å². The van der Waals surface area contributed by atoms with E-state index < -0.39 is 0 Å². The smallest absolute Gasteiger partial charge is 0.272 e. The SMILES string of the molecule is Cc1nc(Nc2cccc(F)c2)cc(C(=O)N2CCN(c3ncccn3)CC2)n1. The zero-order valence-corrected chi connectivity index (χ0v) is 15.9. The molecular weight excluding hydrogens is 373 g/mol. The Kier molecular flexibility index (Phi) is 5.28. The molecule has 29 heavy (non-hydrogen) atoms. The number of nitrogens with zero attached hydrogens (tertiary/aromatic N) is 6. The van der Waals surface area contributed by atoms with Crippen LogP contribution in [0.4, 0.5) is 21.8 Å². The van der Waals surface area contributed by atoms with E-state index in [-0.39, 0.29) is 11.7 Å². The highest BCUT2D eigenvalue weighted by molar-refractivity contribution is 5.93. The molecule has 2 aromatic heterocycles. The summed E-state index contributed by atoms with van der Waals surface area (Å²) in [5.41, 5.74) is 0.860. The topological polar surface area (TPSA) is 87.1 Å². The number of hydrogen-bond donors (Lipinski definition) is 1. The molecule has 148 valence electrons. The van der Waals surface area contributed by atoms with Gasteiger partial charge < -0.3 is 15.1 Å². The molecule has 0 bridgehead atoms. The maximum Gasteiger partial charge on any atom is 0.272 e. The highest BCUT2D eigenvalue weighted by Gasteiger charge is 2.24. The lowest BCUT2D eigenvalue weighted by atomic mass is 10.2. The molecule has 1 aliphatic heterocycles. The minimum absolute atomic E-state index is 0.161. The molecule has 0 aliphatic carbocycles. The molecular formula is C20H20FN7O. The molecule has 1 saturated heterocycles. The fourth-order valence-corrected chi connectivity index (χ4v) is 3.18. The Labute approximate surface area is 167 Å². The average molecular weight is 393 g/mol. The number of carbonyl (C=O) groups excluding carboxylic acids is 1. The minimum atomic E-state index is -0.350. The predicted octanol–water partition coefficient (Wildman–Crippen LogP) is 2.42. The minimum Gasteiger partial charge on any atom is -0.340 e. The normalized spacial score (nSPS) is 14.0. The Morgan fingerprint density at radius 2 is 1.79 bits per heavy atom. The van der Waals surface area contributed by atoms with Gasteiger partial charge in [0.2, 0.25) is 5.95 Å². The second-order valence-electron chi connectivity index (χ2n) is 6.65. The Balaban J connectivity index is 1.45. The number of aromatic nitrogens is 4. The molecule has 0 unspecified atom stereocenters. The maximum atomic E-state index is 13.4. The van der Waals surface area contributed by atoms with Gasteiger partial charge in [-0.1, -0.05) is 6.07 Å². The molecule has 0 radical (unpaired) electrons. The van der Waals surface area contributed by atoms with Crippen LogP contribution in [0.25, 0.3) is 0 Å². The van der Waals surface area contributed by atoms with E-state index in [0.29, 0.717) is 55.2 Å². The second-order valence-corrected chi connectivity index (χ2v) is 6.65. The van der Waals surface area contributed by atoms with E-state index in [9.17, 15) is 9.18 Å². The Morgan fingerprint density at radius 1 is 1.03 bits per heavy atom. The van der Waals surface area contributed by atoms with Gasteiger partial charge in [0.15, 0.2) is 0 Å². The van der Waals surface area contributed by atoms with E-state index in [1.54, 1.807) is 48.5 Å². The molecule has 9 heteroatoms. The summed E-state index contributed by atoms with van der Waals surface area (Å²) in [6, 6.07) is 9.43. The first kappa shape index (κ1) is 18.7. The Hall–Kier alpha value is -3.62. The van der Waals surface area contributed by atoms with Crippen LogP contribution in [0.2, 0.25) is 0 Å². The van der Waals surface area contributed by atoms with Crippen molar-refractivity contribution in [2.45, 2.75) is 6.92 Å². The number of hydrogen-bond acceptors (Lipinski definition) is 7. The summed E-state index contributed by atoms with van der Waals surface area (Å²) < 4.78 is 13.4. The highest BCUT2D eigenvalue weighted by Crippen LogP contribution is 2.18. The van der Waals surface area contributed by atoms with Crippen LogP contribution in [0.5, 0.6) is 0 Å². The molecule has 0 atom stereocenters. The summed E-state index contributed by atoms with van der Waals surface area (Å²) >= 11 is 0. The number of anilines is 3. The molecule has 0 saturated carbocycles. The second kappa shape index (κ2) is 8.17. The van der Waals surface area contributed by atoms with Crippen molar-refractivity contribution in [2.75, 3.05) is 36.4 Å². The zero-order valence-electron chi connectivity index (χ0n) is 15.9. The van der Waals surface area contributed by atoms with Gasteiger partial charge in [-0.25, -0.2) is 24.3 Å². The third-order valence-electron chi connectivity index (χ3n) is 4.56. The third kappa shape index (κ3) is 4.45. The van der Waals surface area contributed by atoms with Crippen LogP contribution < -0.4 is 10.2 Å². The van der Waals surface area contributed by atoms with Gasteiger partial charge in [0.25, 0.3) is 5.91 Å². The van der Waals surface area contributed by atoms with Crippen LogP contribution in [0.15, 0.2) is 48.8 Å². The standard InChI is InChI=1S/C20H20FN7O/c1-14-24-17(13-18(25-14)26-16-5-2-4-15(21)12-16)19(29)27-8-10-28(11-9-27)20-22-6-3-7-23-20/h2-7,12-13H,8-11H2,1H3,(H,24,25,26). The van der Waals surface area contributed by atoms with Crippen LogP contribution in [-0.4, -0.2) is 56.9 Å². The van der Waals surface area contributed by atoms with Crippen molar-refractivity contribution >= 4 is 23.4 Å². The lowest BCUT2D eigenvalue weighted by Crippen LogP contribution is -2.49. The lowest BCUT2D eigenvalue weighted by molar-refractivity contribution is 0.0740. The third-order valence-corrected chi connectivity index (χ3v) is 4.56. The molecule has 3 heterocycles. The number of nitrogens with one attached hydrogen (secondary N) is 1. The van der Waals surface area contributed by atoms with Gasteiger partial charge in [0.1, 0.15) is 23.2 Å². The molecule has 8 nitrogen and oxygen atoms in total. The van der Waals surface area contributed by atoms with Crippen LogP contribution in [0.1, 0.15) is 16.3 Å². The van der Waals surface area contributed by atoms with Crippen LogP contribution in [0, 0.1) is 12.7 Å². The summed E-state index contributed by atoms with van der Waals surface area (Å²) in [5.74, 6) is 1.07. The molecule has 1 amide bonds. The summed E-state index contributed by atoms with van der Waals surface area (Å²) in [6.07, 6.45) is 3.41. The molecule has 0 spiro atoms. The summed E-state index contributed by atoms with van der Waals surface area (Å²) in [6.45, 7) is 4.11. The zero-order chi connectivity index (χ0) is 20.2. The first-order valence-electron chi connectivity index (χ1n) is 9.28. The van der Waals surface area contributed by atoms with E-state index >= 15 is 0 Å². The summed E-state index contributed by atoms with van der Waals surface area (Å²) in [5, 5.41) is 3.03. The quantitative estimate of drug-likeness (QED) is 0.728. The molecule has 1 N–H and O–H groups in total. The fraction of sp³-hybridized carbons (Fsp3) is 0.250. The number of aryl methyl sites for hydroxylation is 1. The van der Waals surface area contributed by atoms with E-state index in [4.69, 9.17) is 0 Å². The van der Waals surface area contributed by atoms with Crippen molar-refractivity contribution in [3.63, 3.8) is 0 Å². The molecule has 3 aromatic rings. The molecule has 4 rings (SSSR count). The number of rotatable bonds is 4. The van der Waals surface area contributed by atoms with Crippen LogP contribution in [0.3, 0.4) is 0 Å².